The van der Waals surface area contributed by atoms with Crippen LogP contribution in [0.1, 0.15) is 34.7 Å². The fourth-order valence-corrected chi connectivity index (χ4v) is 4.70. The van der Waals surface area contributed by atoms with Gasteiger partial charge in [-0.1, -0.05) is 47.5 Å². The predicted octanol–water partition coefficient (Wildman–Crippen LogP) is 1.68. The zero-order valence-corrected chi connectivity index (χ0v) is 24.7. The average Bonchev–Trinajstić information content (AvgIpc) is 3.01. The maximum Gasteiger partial charge on any atom is 0.332 e. The molecule has 3 aromatic carbocycles. The number of benzene rings is 3. The number of nitrogens with one attached hydrogen (secondary N) is 4. The molecule has 16 nitrogen and oxygen atoms in total. The van der Waals surface area contributed by atoms with Crippen LogP contribution in [0.25, 0.3) is 22.1 Å². The second-order valence-corrected chi connectivity index (χ2v) is 10.4. The van der Waals surface area contributed by atoms with Crippen LogP contribution in [0.5, 0.6) is 0 Å². The van der Waals surface area contributed by atoms with E-state index in [1.165, 1.54) is 48.5 Å². The highest BCUT2D eigenvalue weighted by Gasteiger charge is 2.26. The topological polar surface area (TPSA) is 267 Å². The first kappa shape index (κ1) is 31.7. The van der Waals surface area contributed by atoms with Crippen molar-refractivity contribution in [1.29, 1.82) is 0 Å². The molecule has 0 bridgehead atoms. The summed E-state index contributed by atoms with van der Waals surface area (Å²) in [5, 5.41) is 30.9. The van der Waals surface area contributed by atoms with Crippen molar-refractivity contribution in [3.8, 4) is 0 Å². The Morgan fingerprint density at radius 1 is 0.696 bits per heavy atom. The number of halogens is 2. The molecule has 0 saturated carbocycles. The highest BCUT2D eigenvalue weighted by molar-refractivity contribution is 6.31. The summed E-state index contributed by atoms with van der Waals surface area (Å²) in [6.07, 6.45) is -3.28. The molecule has 0 spiro atoms. The van der Waals surface area contributed by atoms with Gasteiger partial charge in [-0.25, -0.2) is 30.4 Å². The van der Waals surface area contributed by atoms with Gasteiger partial charge in [0, 0.05) is 10.0 Å². The molecule has 0 aliphatic rings. The van der Waals surface area contributed by atoms with Gasteiger partial charge in [0.05, 0.1) is 22.1 Å². The Labute approximate surface area is 266 Å². The van der Waals surface area contributed by atoms with Gasteiger partial charge in [-0.05, 0) is 47.5 Å². The number of aromatic amines is 2. The molecule has 0 radical (unpaired) electrons. The van der Waals surface area contributed by atoms with E-state index in [1.54, 1.807) is 12.1 Å². The minimum absolute atomic E-state index is 0.144. The van der Waals surface area contributed by atoms with Gasteiger partial charge in [-0.3, -0.25) is 9.59 Å². The number of H-pyrrole nitrogens is 2. The number of amides is 4. The third-order valence-electron chi connectivity index (χ3n) is 6.45. The van der Waals surface area contributed by atoms with Crippen molar-refractivity contribution in [2.75, 3.05) is 0 Å². The zero-order valence-electron chi connectivity index (χ0n) is 23.2. The molecule has 2 aromatic heterocycles. The Morgan fingerprint density at radius 3 is 1.41 bits per heavy atom. The Hall–Kier alpha value is -5.68. The van der Waals surface area contributed by atoms with Gasteiger partial charge < -0.3 is 31.6 Å². The average molecular weight is 665 g/mol. The van der Waals surface area contributed by atoms with E-state index in [-0.39, 0.29) is 33.9 Å². The van der Waals surface area contributed by atoms with Crippen LogP contribution in [0.3, 0.4) is 0 Å². The van der Waals surface area contributed by atoms with Gasteiger partial charge in [-0.2, -0.15) is 10.2 Å². The molecule has 10 N–H and O–H groups in total. The first-order valence-corrected chi connectivity index (χ1v) is 13.8. The Morgan fingerprint density at radius 2 is 1.07 bits per heavy atom. The molecule has 46 heavy (non-hydrogen) atoms. The van der Waals surface area contributed by atoms with E-state index < -0.39 is 35.4 Å². The molecule has 0 aliphatic carbocycles. The predicted molar refractivity (Wildman–Crippen MR) is 170 cm³/mol. The van der Waals surface area contributed by atoms with E-state index in [0.717, 1.165) is 0 Å². The van der Waals surface area contributed by atoms with Crippen molar-refractivity contribution in [2.24, 2.45) is 21.7 Å². The smallest absolute Gasteiger partial charge is 0.332 e. The number of nitrogens with zero attached hydrogens (tertiary/aromatic N) is 4. The van der Waals surface area contributed by atoms with Crippen LogP contribution in [-0.2, 0) is 0 Å². The summed E-state index contributed by atoms with van der Waals surface area (Å²) in [6.45, 7) is 0. The minimum Gasteiger partial charge on any atom is -0.382 e. The number of aromatic nitrogens is 4. The normalized spacial score (nSPS) is 13.4. The third kappa shape index (κ3) is 6.84. The van der Waals surface area contributed by atoms with Crippen molar-refractivity contribution in [1.82, 2.24) is 30.8 Å². The summed E-state index contributed by atoms with van der Waals surface area (Å²) in [5.41, 5.74) is 13.0. The van der Waals surface area contributed by atoms with Crippen molar-refractivity contribution < 1.29 is 19.8 Å². The van der Waals surface area contributed by atoms with E-state index >= 15 is 0 Å². The lowest BCUT2D eigenvalue weighted by Crippen LogP contribution is -2.31. The van der Waals surface area contributed by atoms with Crippen LogP contribution >= 0.6 is 23.2 Å². The van der Waals surface area contributed by atoms with E-state index in [1.807, 2.05) is 10.9 Å². The number of aliphatic hydroxyl groups is 2. The van der Waals surface area contributed by atoms with Crippen LogP contribution in [0.4, 0.5) is 9.59 Å². The third-order valence-corrected chi connectivity index (χ3v) is 6.92. The highest BCUT2D eigenvalue weighted by atomic mass is 35.5. The van der Waals surface area contributed by atoms with Gasteiger partial charge in [-0.15, -0.1) is 0 Å². The number of carbonyl (C=O) groups excluding carboxylic acids is 2. The maximum absolute atomic E-state index is 12.9. The van der Waals surface area contributed by atoms with Gasteiger partial charge in [0.15, 0.2) is 11.4 Å². The molecule has 0 fully saturated rings. The standard InChI is InChI=1S/C28H22Cl2N10O6/c29-13-5-7-15-17(9-13)35-25(43)21(33-15)19(37-39-27(31)45)23(41)11-1-2-12(4-3-11)24(42)20(38-40-28(32)46)22-26(44)36-18-10-14(30)6-8-16(18)34-22/h1-10,23-24,41-42H,(H,35,43)(H,36,44)(H3,31,39,45)(H3,32,40,46)/b37-19-,38-20+/t23-,24-/m0/s1. The largest absolute Gasteiger partial charge is 0.382 e. The summed E-state index contributed by atoms with van der Waals surface area (Å²) < 4.78 is 0. The second kappa shape index (κ2) is 13.1. The highest BCUT2D eigenvalue weighted by Crippen LogP contribution is 2.24. The summed E-state index contributed by atoms with van der Waals surface area (Å²) >= 11 is 12.0. The van der Waals surface area contributed by atoms with Crippen LogP contribution in [-0.4, -0.2) is 53.6 Å². The van der Waals surface area contributed by atoms with Crippen molar-refractivity contribution in [3.05, 3.63) is 114 Å². The zero-order chi connectivity index (χ0) is 33.1. The fourth-order valence-electron chi connectivity index (χ4n) is 4.36. The number of nitrogens with two attached hydrogens (primary N) is 2. The number of primary amides is 2. The molecule has 0 saturated heterocycles. The first-order valence-electron chi connectivity index (χ1n) is 13.0. The lowest BCUT2D eigenvalue weighted by atomic mass is 9.97. The van der Waals surface area contributed by atoms with E-state index in [9.17, 15) is 29.4 Å². The Bertz CT molecular complexity index is 2030. The molecule has 4 amide bonds. The Balaban J connectivity index is 1.51. The summed E-state index contributed by atoms with van der Waals surface area (Å²) in [5.74, 6) is 0. The number of rotatable bonds is 8. The van der Waals surface area contributed by atoms with Crippen molar-refractivity contribution >= 4 is 68.8 Å². The monoisotopic (exact) mass is 664 g/mol. The number of urea groups is 2. The van der Waals surface area contributed by atoms with Crippen LogP contribution in [0, 0.1) is 0 Å². The van der Waals surface area contributed by atoms with E-state index in [0.29, 0.717) is 32.1 Å². The van der Waals surface area contributed by atoms with E-state index in [4.69, 9.17) is 34.7 Å². The maximum atomic E-state index is 12.9. The summed E-state index contributed by atoms with van der Waals surface area (Å²) in [4.78, 5) is 62.5. The number of aliphatic hydroxyl groups excluding tert-OH is 2. The van der Waals surface area contributed by atoms with Gasteiger partial charge >= 0.3 is 12.1 Å². The molecule has 234 valence electrons. The number of carbonyl (C=O) groups is 2. The lowest BCUT2D eigenvalue weighted by Gasteiger charge is -2.17. The number of hydrogen-bond acceptors (Lipinski definition) is 10. The van der Waals surface area contributed by atoms with Crippen LogP contribution < -0.4 is 33.4 Å². The molecule has 18 heteroatoms. The van der Waals surface area contributed by atoms with E-state index in [2.05, 4.69) is 30.1 Å². The van der Waals surface area contributed by atoms with Gasteiger partial charge in [0.1, 0.15) is 23.6 Å². The molecular weight excluding hydrogens is 643 g/mol. The second-order valence-electron chi connectivity index (χ2n) is 9.57. The van der Waals surface area contributed by atoms with Crippen LogP contribution in [0.2, 0.25) is 10.0 Å². The summed E-state index contributed by atoms with van der Waals surface area (Å²) in [6, 6.07) is 12.5. The van der Waals surface area contributed by atoms with Crippen LogP contribution in [0.15, 0.2) is 80.5 Å². The SMILES string of the molecule is NC(=O)N/N=C(/c1nc2ccc(Cl)cc2[nH]c1=O)[C@@H](O)c1ccc([C@H](O)/C(=N/NC(N)=O)c2nc3ccc(Cl)cc3[nH]c2=O)cc1. The molecule has 2 heterocycles. The minimum atomic E-state index is -1.64. The summed E-state index contributed by atoms with van der Waals surface area (Å²) in [7, 11) is 0. The molecule has 5 aromatic rings. The fraction of sp³-hybridized carbons (Fsp3) is 0.0714. The van der Waals surface area contributed by atoms with Gasteiger partial charge in [0.25, 0.3) is 11.1 Å². The lowest BCUT2D eigenvalue weighted by molar-refractivity contribution is 0.240. The number of fused-ring (bicyclic) bond motifs is 2. The molecule has 5 rings (SSSR count). The Kier molecular flexibility index (Phi) is 9.06. The number of hydrazone groups is 2. The van der Waals surface area contributed by atoms with Crippen molar-refractivity contribution in [2.45, 2.75) is 12.2 Å². The number of hydrogen-bond donors (Lipinski definition) is 8. The molecule has 0 aliphatic heterocycles. The first-order chi connectivity index (χ1) is 21.9. The molecule has 2 atom stereocenters. The van der Waals surface area contributed by atoms with Crippen molar-refractivity contribution in [3.63, 3.8) is 0 Å². The molecule has 0 unspecified atom stereocenters. The molecular formula is C28H22Cl2N10O6. The van der Waals surface area contributed by atoms with Gasteiger partial charge in [0.2, 0.25) is 0 Å². The quantitative estimate of drug-likeness (QED) is 0.0890.